The van der Waals surface area contributed by atoms with Crippen LogP contribution in [0.25, 0.3) is 11.0 Å². The van der Waals surface area contributed by atoms with Crippen molar-refractivity contribution in [1.29, 1.82) is 0 Å². The molecule has 0 spiro atoms. The molecule has 0 atom stereocenters. The summed E-state index contributed by atoms with van der Waals surface area (Å²) in [6, 6.07) is 36.2. The van der Waals surface area contributed by atoms with Gasteiger partial charge in [0.15, 0.2) is 0 Å². The molecule has 33 heavy (non-hydrogen) atoms. The quantitative estimate of drug-likeness (QED) is 0.299. The van der Waals surface area contributed by atoms with E-state index in [1.54, 1.807) is 0 Å². The van der Waals surface area contributed by atoms with Crippen molar-refractivity contribution in [2.45, 2.75) is 19.4 Å². The number of hydrogen-bond donors (Lipinski definition) is 0. The molecule has 0 N–H and O–H groups in total. The molecule has 4 heteroatoms. The second kappa shape index (κ2) is 7.24. The lowest BCUT2D eigenvalue weighted by Crippen LogP contribution is -2.36. The molecule has 1 aliphatic rings. The number of para-hydroxylation sites is 3. The Morgan fingerprint density at radius 3 is 1.97 bits per heavy atom. The highest BCUT2D eigenvalue weighted by Crippen LogP contribution is 2.46. The van der Waals surface area contributed by atoms with Crippen molar-refractivity contribution in [2.75, 3.05) is 16.8 Å². The van der Waals surface area contributed by atoms with Gasteiger partial charge in [0.25, 0.3) is 0 Å². The molecule has 4 nitrogen and oxygen atoms in total. The van der Waals surface area contributed by atoms with Crippen LogP contribution in [0.15, 0.2) is 103 Å². The summed E-state index contributed by atoms with van der Waals surface area (Å²) in [4.78, 5) is 9.54. The Balaban J connectivity index is 1.59. The van der Waals surface area contributed by atoms with Gasteiger partial charge >= 0.3 is 0 Å². The summed E-state index contributed by atoms with van der Waals surface area (Å²) in [5, 5.41) is 0. The number of aromatic nitrogens is 2. The Labute approximate surface area is 194 Å². The highest BCUT2D eigenvalue weighted by molar-refractivity contribution is 5.89. The summed E-state index contributed by atoms with van der Waals surface area (Å²) in [6.07, 6.45) is 0. The van der Waals surface area contributed by atoms with E-state index < -0.39 is 0 Å². The first-order valence-corrected chi connectivity index (χ1v) is 11.3. The summed E-state index contributed by atoms with van der Waals surface area (Å²) in [5.41, 5.74) is 7.78. The van der Waals surface area contributed by atoms with Crippen LogP contribution in [-0.4, -0.2) is 16.6 Å². The summed E-state index contributed by atoms with van der Waals surface area (Å²) in [5.74, 6) is 0.969. The fourth-order valence-corrected chi connectivity index (χ4v) is 5.08. The van der Waals surface area contributed by atoms with Crippen molar-refractivity contribution in [3.63, 3.8) is 0 Å². The summed E-state index contributed by atoms with van der Waals surface area (Å²) >= 11 is 0. The number of nitrogens with zero attached hydrogens (tertiary/aromatic N) is 4. The molecule has 0 unspecified atom stereocenters. The minimum absolute atomic E-state index is 0.226. The smallest absolute Gasteiger partial charge is 0.211 e. The Hall–Kier alpha value is -4.05. The second-order valence-corrected chi connectivity index (χ2v) is 9.06. The fraction of sp³-hybridized carbons (Fsp3) is 0.138. The van der Waals surface area contributed by atoms with Crippen molar-refractivity contribution in [1.82, 2.24) is 9.55 Å². The molecule has 0 amide bonds. The van der Waals surface area contributed by atoms with Crippen LogP contribution in [-0.2, 0) is 5.54 Å². The van der Waals surface area contributed by atoms with Crippen molar-refractivity contribution in [3.8, 4) is 0 Å². The molecule has 0 saturated heterocycles. The van der Waals surface area contributed by atoms with E-state index in [9.17, 15) is 0 Å². The third-order valence-electron chi connectivity index (χ3n) is 6.69. The monoisotopic (exact) mass is 430 g/mol. The molecule has 2 heterocycles. The SMILES string of the molecule is CN1c2ccccc2C(C)(C)n2c1nc1ccc(N(c3ccccc3)c3ccccc3)cc12. The Bertz CT molecular complexity index is 1410. The van der Waals surface area contributed by atoms with Crippen LogP contribution in [0.5, 0.6) is 0 Å². The van der Waals surface area contributed by atoms with E-state index in [0.29, 0.717) is 0 Å². The van der Waals surface area contributed by atoms with E-state index in [4.69, 9.17) is 4.98 Å². The van der Waals surface area contributed by atoms with Crippen LogP contribution in [0.1, 0.15) is 19.4 Å². The normalized spacial score (nSPS) is 14.1. The van der Waals surface area contributed by atoms with E-state index in [-0.39, 0.29) is 5.54 Å². The average molecular weight is 431 g/mol. The average Bonchev–Trinajstić information content (AvgIpc) is 3.25. The van der Waals surface area contributed by atoms with Crippen molar-refractivity contribution < 1.29 is 0 Å². The van der Waals surface area contributed by atoms with E-state index in [1.807, 2.05) is 0 Å². The lowest BCUT2D eigenvalue weighted by molar-refractivity contribution is 0.440. The van der Waals surface area contributed by atoms with Gasteiger partial charge in [-0.3, -0.25) is 4.57 Å². The molecule has 4 aromatic carbocycles. The molecule has 0 fully saturated rings. The fourth-order valence-electron chi connectivity index (χ4n) is 5.08. The van der Waals surface area contributed by atoms with Crippen LogP contribution in [0.2, 0.25) is 0 Å². The topological polar surface area (TPSA) is 24.3 Å². The van der Waals surface area contributed by atoms with Crippen LogP contribution in [0.3, 0.4) is 0 Å². The Morgan fingerprint density at radius 2 is 1.30 bits per heavy atom. The van der Waals surface area contributed by atoms with Gasteiger partial charge in [-0.2, -0.15) is 0 Å². The van der Waals surface area contributed by atoms with Gasteiger partial charge in [0.2, 0.25) is 5.95 Å². The maximum Gasteiger partial charge on any atom is 0.211 e. The minimum atomic E-state index is -0.226. The summed E-state index contributed by atoms with van der Waals surface area (Å²) < 4.78 is 2.38. The first kappa shape index (κ1) is 19.6. The lowest BCUT2D eigenvalue weighted by atomic mass is 9.90. The van der Waals surface area contributed by atoms with Gasteiger partial charge in [-0.05, 0) is 62.4 Å². The minimum Gasteiger partial charge on any atom is -0.315 e. The number of anilines is 5. The molecule has 0 saturated carbocycles. The van der Waals surface area contributed by atoms with E-state index >= 15 is 0 Å². The van der Waals surface area contributed by atoms with E-state index in [0.717, 1.165) is 34.0 Å². The number of rotatable bonds is 3. The van der Waals surface area contributed by atoms with Gasteiger partial charge in [0.1, 0.15) is 0 Å². The molecule has 0 radical (unpaired) electrons. The first-order valence-electron chi connectivity index (χ1n) is 11.3. The van der Waals surface area contributed by atoms with Gasteiger partial charge in [-0.1, -0.05) is 54.6 Å². The van der Waals surface area contributed by atoms with Gasteiger partial charge in [-0.15, -0.1) is 0 Å². The maximum absolute atomic E-state index is 5.05. The van der Waals surface area contributed by atoms with Crippen molar-refractivity contribution >= 4 is 39.7 Å². The van der Waals surface area contributed by atoms with Crippen LogP contribution < -0.4 is 9.80 Å². The number of fused-ring (bicyclic) bond motifs is 4. The van der Waals surface area contributed by atoms with Gasteiger partial charge in [-0.25, -0.2) is 4.98 Å². The maximum atomic E-state index is 5.05. The summed E-state index contributed by atoms with van der Waals surface area (Å²) in [7, 11) is 2.10. The summed E-state index contributed by atoms with van der Waals surface area (Å²) in [6.45, 7) is 4.56. The van der Waals surface area contributed by atoms with Gasteiger partial charge < -0.3 is 9.80 Å². The molecule has 1 aromatic heterocycles. The second-order valence-electron chi connectivity index (χ2n) is 9.06. The third kappa shape index (κ3) is 2.94. The molecule has 1 aliphatic heterocycles. The van der Waals surface area contributed by atoms with Crippen LogP contribution in [0.4, 0.5) is 28.7 Å². The molecule has 0 aliphatic carbocycles. The molecular formula is C29H26N4. The highest BCUT2D eigenvalue weighted by atomic mass is 15.3. The van der Waals surface area contributed by atoms with Gasteiger partial charge in [0.05, 0.1) is 16.6 Å². The van der Waals surface area contributed by atoms with Crippen molar-refractivity contribution in [2.24, 2.45) is 0 Å². The number of benzene rings is 4. The van der Waals surface area contributed by atoms with E-state index in [1.165, 1.54) is 11.3 Å². The predicted molar refractivity (Wildman–Crippen MR) is 137 cm³/mol. The third-order valence-corrected chi connectivity index (χ3v) is 6.69. The number of hydrogen-bond acceptors (Lipinski definition) is 3. The zero-order chi connectivity index (χ0) is 22.6. The molecule has 0 bridgehead atoms. The molecule has 6 rings (SSSR count). The Kier molecular flexibility index (Phi) is 4.31. The highest BCUT2D eigenvalue weighted by Gasteiger charge is 2.37. The predicted octanol–water partition coefficient (Wildman–Crippen LogP) is 7.37. The lowest BCUT2D eigenvalue weighted by Gasteiger charge is -2.40. The van der Waals surface area contributed by atoms with Crippen molar-refractivity contribution in [3.05, 3.63) is 109 Å². The molecular weight excluding hydrogens is 404 g/mol. The van der Waals surface area contributed by atoms with Crippen LogP contribution in [0, 0.1) is 0 Å². The Morgan fingerprint density at radius 1 is 0.697 bits per heavy atom. The largest absolute Gasteiger partial charge is 0.315 e. The first-order chi connectivity index (χ1) is 16.1. The van der Waals surface area contributed by atoms with Crippen LogP contribution >= 0.6 is 0 Å². The molecule has 162 valence electrons. The standard InChI is InChI=1S/C29H26N4/c1-29(2)24-16-10-11-17-26(24)31(3)28-30-25-19-18-23(20-27(25)33(28)29)32(21-12-6-4-7-13-21)22-14-8-5-9-15-22/h4-20H,1-3H3. The van der Waals surface area contributed by atoms with E-state index in [2.05, 4.69) is 138 Å². The zero-order valence-corrected chi connectivity index (χ0v) is 19.1. The molecule has 5 aromatic rings. The number of imidazole rings is 1. The van der Waals surface area contributed by atoms with Gasteiger partial charge in [0, 0.05) is 35.4 Å². The zero-order valence-electron chi connectivity index (χ0n) is 19.1.